The lowest BCUT2D eigenvalue weighted by Gasteiger charge is -2.29. The molecule has 114 valence electrons. The second-order valence-electron chi connectivity index (χ2n) is 5.27. The predicted octanol–water partition coefficient (Wildman–Crippen LogP) is 3.28. The molecule has 1 amide bonds. The topological polar surface area (TPSA) is 46.3 Å². The minimum Gasteiger partial charge on any atom is -0.344 e. The molecule has 0 saturated heterocycles. The zero-order valence-electron chi connectivity index (χ0n) is 12.4. The molecule has 1 aromatic carbocycles. The number of benzene rings is 1. The van der Waals surface area contributed by atoms with Gasteiger partial charge in [-0.2, -0.15) is 0 Å². The van der Waals surface area contributed by atoms with Crippen LogP contribution in [-0.2, 0) is 11.2 Å². The zero-order chi connectivity index (χ0) is 14.5. The molecule has 0 aliphatic rings. The molecule has 0 aromatic heterocycles. The van der Waals surface area contributed by atoms with Gasteiger partial charge in [0, 0.05) is 18.6 Å². The van der Waals surface area contributed by atoms with Crippen LogP contribution in [0.2, 0.25) is 5.02 Å². The molecule has 1 rings (SSSR count). The van der Waals surface area contributed by atoms with Crippen molar-refractivity contribution in [3.8, 4) is 0 Å². The summed E-state index contributed by atoms with van der Waals surface area (Å²) in [5.41, 5.74) is 6.46. The third-order valence-corrected chi connectivity index (χ3v) is 3.51. The smallest absolute Gasteiger partial charge is 0.242 e. The average molecular weight is 319 g/mol. The Morgan fingerprint density at radius 1 is 1.35 bits per heavy atom. The number of hydrogen-bond donors (Lipinski definition) is 1. The average Bonchev–Trinajstić information content (AvgIpc) is 2.36. The van der Waals surface area contributed by atoms with Gasteiger partial charge in [-0.3, -0.25) is 4.79 Å². The lowest BCUT2D eigenvalue weighted by Crippen LogP contribution is -2.52. The van der Waals surface area contributed by atoms with Gasteiger partial charge in [-0.05, 0) is 37.5 Å². The fraction of sp³-hybridized carbons (Fsp3) is 0.533. The monoisotopic (exact) mass is 318 g/mol. The van der Waals surface area contributed by atoms with Crippen molar-refractivity contribution in [1.82, 2.24) is 4.90 Å². The maximum atomic E-state index is 12.2. The second-order valence-corrected chi connectivity index (χ2v) is 5.71. The van der Waals surface area contributed by atoms with E-state index in [0.717, 1.165) is 17.9 Å². The molecule has 0 aliphatic heterocycles. The lowest BCUT2D eigenvalue weighted by atomic mass is 9.96. The standard InChI is InChI=1S/C15H23ClN2O.ClH/c1-4-10-15(2,17)14(19)18(3)11-9-12-5-7-13(16)8-6-12;/h5-8H,4,9-11,17H2,1-3H3;1H. The van der Waals surface area contributed by atoms with E-state index in [1.54, 1.807) is 18.9 Å². The fourth-order valence-electron chi connectivity index (χ4n) is 2.11. The molecular weight excluding hydrogens is 295 g/mol. The van der Waals surface area contributed by atoms with Gasteiger partial charge in [0.2, 0.25) is 5.91 Å². The zero-order valence-corrected chi connectivity index (χ0v) is 13.9. The first-order valence-electron chi connectivity index (χ1n) is 6.65. The number of carbonyl (C=O) groups excluding carboxylic acids is 1. The van der Waals surface area contributed by atoms with E-state index >= 15 is 0 Å². The van der Waals surface area contributed by atoms with Crippen molar-refractivity contribution in [3.63, 3.8) is 0 Å². The van der Waals surface area contributed by atoms with Crippen LogP contribution in [0, 0.1) is 0 Å². The molecule has 1 atom stereocenters. The highest BCUT2D eigenvalue weighted by atomic mass is 35.5. The van der Waals surface area contributed by atoms with Crippen LogP contribution < -0.4 is 5.73 Å². The summed E-state index contributed by atoms with van der Waals surface area (Å²) in [4.78, 5) is 13.9. The fourth-order valence-corrected chi connectivity index (χ4v) is 2.24. The van der Waals surface area contributed by atoms with Gasteiger partial charge in [-0.1, -0.05) is 37.1 Å². The highest BCUT2D eigenvalue weighted by molar-refractivity contribution is 6.30. The SMILES string of the molecule is CCCC(C)(N)C(=O)N(C)CCc1ccc(Cl)cc1.Cl. The molecule has 5 heteroatoms. The summed E-state index contributed by atoms with van der Waals surface area (Å²) in [5.74, 6) is 0.00307. The summed E-state index contributed by atoms with van der Waals surface area (Å²) in [7, 11) is 1.80. The number of amides is 1. The Kier molecular flexibility index (Phi) is 8.17. The summed E-state index contributed by atoms with van der Waals surface area (Å²) in [6.07, 6.45) is 2.42. The van der Waals surface area contributed by atoms with E-state index in [1.165, 1.54) is 5.56 Å². The molecule has 0 fully saturated rings. The highest BCUT2D eigenvalue weighted by Crippen LogP contribution is 2.13. The van der Waals surface area contributed by atoms with Crippen LogP contribution in [0.25, 0.3) is 0 Å². The number of rotatable bonds is 6. The van der Waals surface area contributed by atoms with E-state index in [0.29, 0.717) is 13.0 Å². The Hall–Kier alpha value is -0.770. The van der Waals surface area contributed by atoms with Crippen LogP contribution in [0.1, 0.15) is 32.3 Å². The number of hydrogen-bond acceptors (Lipinski definition) is 2. The largest absolute Gasteiger partial charge is 0.344 e. The van der Waals surface area contributed by atoms with Crippen LogP contribution in [0.3, 0.4) is 0 Å². The Bertz CT molecular complexity index is 418. The molecule has 0 spiro atoms. The van der Waals surface area contributed by atoms with Gasteiger partial charge in [0.1, 0.15) is 0 Å². The van der Waals surface area contributed by atoms with Crippen molar-refractivity contribution < 1.29 is 4.79 Å². The highest BCUT2D eigenvalue weighted by Gasteiger charge is 2.29. The van der Waals surface area contributed by atoms with Crippen LogP contribution in [-0.4, -0.2) is 29.9 Å². The van der Waals surface area contributed by atoms with Crippen LogP contribution >= 0.6 is 24.0 Å². The van der Waals surface area contributed by atoms with Crippen LogP contribution in [0.15, 0.2) is 24.3 Å². The first-order valence-corrected chi connectivity index (χ1v) is 7.03. The lowest BCUT2D eigenvalue weighted by molar-refractivity contribution is -0.135. The van der Waals surface area contributed by atoms with Gasteiger partial charge in [-0.15, -0.1) is 12.4 Å². The maximum Gasteiger partial charge on any atom is 0.242 e. The van der Waals surface area contributed by atoms with E-state index in [4.69, 9.17) is 17.3 Å². The summed E-state index contributed by atoms with van der Waals surface area (Å²) < 4.78 is 0. The third kappa shape index (κ3) is 5.70. The molecular formula is C15H24Cl2N2O. The normalized spacial score (nSPS) is 13.2. The van der Waals surface area contributed by atoms with Crippen molar-refractivity contribution in [2.75, 3.05) is 13.6 Å². The predicted molar refractivity (Wildman–Crippen MR) is 87.5 cm³/mol. The van der Waals surface area contributed by atoms with Crippen molar-refractivity contribution in [2.24, 2.45) is 5.73 Å². The number of nitrogens with two attached hydrogens (primary N) is 1. The van der Waals surface area contributed by atoms with Crippen molar-refractivity contribution in [1.29, 1.82) is 0 Å². The second kappa shape index (κ2) is 8.50. The molecule has 3 nitrogen and oxygen atoms in total. The minimum absolute atomic E-state index is 0. The summed E-state index contributed by atoms with van der Waals surface area (Å²) in [6, 6.07) is 7.69. The quantitative estimate of drug-likeness (QED) is 0.874. The van der Waals surface area contributed by atoms with E-state index in [9.17, 15) is 4.79 Å². The van der Waals surface area contributed by atoms with Gasteiger partial charge in [-0.25, -0.2) is 0 Å². The Morgan fingerprint density at radius 2 is 1.90 bits per heavy atom. The summed E-state index contributed by atoms with van der Waals surface area (Å²) >= 11 is 5.84. The third-order valence-electron chi connectivity index (χ3n) is 3.25. The molecule has 0 aliphatic carbocycles. The number of likely N-dealkylation sites (N-methyl/N-ethyl adjacent to an activating group) is 1. The van der Waals surface area contributed by atoms with Gasteiger partial charge in [0.25, 0.3) is 0 Å². The van der Waals surface area contributed by atoms with Gasteiger partial charge < -0.3 is 10.6 Å². The minimum atomic E-state index is -0.760. The van der Waals surface area contributed by atoms with Crippen molar-refractivity contribution in [2.45, 2.75) is 38.6 Å². The number of carbonyl (C=O) groups is 1. The van der Waals surface area contributed by atoms with Crippen molar-refractivity contribution in [3.05, 3.63) is 34.9 Å². The Balaban J connectivity index is 0.00000361. The molecule has 0 saturated carbocycles. The molecule has 0 bridgehead atoms. The van der Waals surface area contributed by atoms with Crippen molar-refractivity contribution >= 4 is 29.9 Å². The van der Waals surface area contributed by atoms with Gasteiger partial charge >= 0.3 is 0 Å². The van der Waals surface area contributed by atoms with Crippen LogP contribution in [0.5, 0.6) is 0 Å². The first kappa shape index (κ1) is 19.2. The molecule has 0 heterocycles. The molecule has 20 heavy (non-hydrogen) atoms. The number of halogens is 2. The van der Waals surface area contributed by atoms with Crippen LogP contribution in [0.4, 0.5) is 0 Å². The maximum absolute atomic E-state index is 12.2. The Morgan fingerprint density at radius 3 is 2.40 bits per heavy atom. The summed E-state index contributed by atoms with van der Waals surface area (Å²) in [6.45, 7) is 4.50. The molecule has 1 unspecified atom stereocenters. The number of nitrogens with zero attached hydrogens (tertiary/aromatic N) is 1. The molecule has 1 aromatic rings. The first-order chi connectivity index (χ1) is 8.86. The molecule has 2 N–H and O–H groups in total. The van der Waals surface area contributed by atoms with Gasteiger partial charge in [0.15, 0.2) is 0 Å². The van der Waals surface area contributed by atoms with Gasteiger partial charge in [0.05, 0.1) is 5.54 Å². The van der Waals surface area contributed by atoms with E-state index in [2.05, 4.69) is 0 Å². The van der Waals surface area contributed by atoms with E-state index < -0.39 is 5.54 Å². The van der Waals surface area contributed by atoms with E-state index in [1.807, 2.05) is 31.2 Å². The Labute approximate surface area is 132 Å². The summed E-state index contributed by atoms with van der Waals surface area (Å²) in [5, 5.41) is 0.727. The van der Waals surface area contributed by atoms with E-state index in [-0.39, 0.29) is 18.3 Å². The molecule has 0 radical (unpaired) electrons.